The smallest absolute Gasteiger partial charge is 0.123 e. The molecule has 0 amide bonds. The molecule has 1 aliphatic heterocycles. The van der Waals surface area contributed by atoms with Crippen molar-refractivity contribution in [1.29, 1.82) is 5.26 Å². The van der Waals surface area contributed by atoms with Gasteiger partial charge < -0.3 is 9.84 Å². The molecule has 17 heavy (non-hydrogen) atoms. The van der Waals surface area contributed by atoms with Gasteiger partial charge in [0.25, 0.3) is 0 Å². The molecule has 1 fully saturated rings. The quantitative estimate of drug-likeness (QED) is 0.852. The molecule has 0 saturated carbocycles. The molecule has 1 N–H and O–H groups in total. The molecule has 90 valence electrons. The number of aliphatic hydroxyl groups is 1. The second-order valence-corrected chi connectivity index (χ2v) is 4.58. The van der Waals surface area contributed by atoms with Gasteiger partial charge >= 0.3 is 0 Å². The molecule has 1 saturated heterocycles. The lowest BCUT2D eigenvalue weighted by molar-refractivity contribution is -0.0483. The minimum Gasteiger partial charge on any atom is -0.384 e. The molecule has 0 spiro atoms. The maximum Gasteiger partial charge on any atom is 0.123 e. The van der Waals surface area contributed by atoms with Gasteiger partial charge in [-0.05, 0) is 31.0 Å². The van der Waals surface area contributed by atoms with Crippen molar-refractivity contribution in [3.63, 3.8) is 0 Å². The summed E-state index contributed by atoms with van der Waals surface area (Å²) >= 11 is 0. The molecule has 1 aliphatic rings. The number of rotatable bonds is 2. The van der Waals surface area contributed by atoms with Crippen LogP contribution in [-0.4, -0.2) is 18.3 Å². The standard InChI is InChI=1S/C13H14FNO2/c1-12(16,10-3-2-4-11(14)7-10)13(8-15)5-6-17-9-13/h2-4,7,16H,5-6,9H2,1H3. The van der Waals surface area contributed by atoms with Crippen LogP contribution in [0.25, 0.3) is 0 Å². The summed E-state index contributed by atoms with van der Waals surface area (Å²) in [5, 5.41) is 19.9. The van der Waals surface area contributed by atoms with E-state index in [0.717, 1.165) is 0 Å². The van der Waals surface area contributed by atoms with E-state index >= 15 is 0 Å². The first kappa shape index (κ1) is 12.0. The molecule has 0 bridgehead atoms. The summed E-state index contributed by atoms with van der Waals surface area (Å²) in [5.74, 6) is -0.421. The molecule has 0 aromatic heterocycles. The van der Waals surface area contributed by atoms with Crippen LogP contribution < -0.4 is 0 Å². The number of ether oxygens (including phenoxy) is 1. The molecule has 2 rings (SSSR count). The monoisotopic (exact) mass is 235 g/mol. The number of hydrogen-bond acceptors (Lipinski definition) is 3. The van der Waals surface area contributed by atoms with E-state index < -0.39 is 16.8 Å². The van der Waals surface area contributed by atoms with Crippen molar-refractivity contribution >= 4 is 0 Å². The van der Waals surface area contributed by atoms with E-state index in [-0.39, 0.29) is 6.61 Å². The van der Waals surface area contributed by atoms with Gasteiger partial charge in [-0.15, -0.1) is 0 Å². The Morgan fingerprint density at radius 3 is 2.88 bits per heavy atom. The molecule has 0 radical (unpaired) electrons. The molecule has 3 nitrogen and oxygen atoms in total. The van der Waals surface area contributed by atoms with Crippen LogP contribution in [0.15, 0.2) is 24.3 Å². The highest BCUT2D eigenvalue weighted by Gasteiger charge is 2.51. The first-order valence-electron chi connectivity index (χ1n) is 5.49. The summed E-state index contributed by atoms with van der Waals surface area (Å²) in [4.78, 5) is 0. The van der Waals surface area contributed by atoms with Crippen LogP contribution in [0.3, 0.4) is 0 Å². The van der Waals surface area contributed by atoms with Crippen LogP contribution in [-0.2, 0) is 10.3 Å². The molecular weight excluding hydrogens is 221 g/mol. The number of hydrogen-bond donors (Lipinski definition) is 1. The Balaban J connectivity index is 2.45. The summed E-state index contributed by atoms with van der Waals surface area (Å²) in [6, 6.07) is 7.86. The fraction of sp³-hybridized carbons (Fsp3) is 0.462. The third-order valence-electron chi connectivity index (χ3n) is 3.55. The van der Waals surface area contributed by atoms with E-state index in [1.165, 1.54) is 18.2 Å². The molecule has 4 heteroatoms. The number of benzene rings is 1. The van der Waals surface area contributed by atoms with E-state index in [1.54, 1.807) is 13.0 Å². The molecule has 2 unspecified atom stereocenters. The molecular formula is C13H14FNO2. The second kappa shape index (κ2) is 4.10. The third kappa shape index (κ3) is 1.82. The molecule has 2 atom stereocenters. The first-order chi connectivity index (χ1) is 8.02. The molecule has 0 aliphatic carbocycles. The Labute approximate surface area is 99.4 Å². The lowest BCUT2D eigenvalue weighted by Crippen LogP contribution is -2.43. The number of nitrogens with zero attached hydrogens (tertiary/aromatic N) is 1. The summed E-state index contributed by atoms with van der Waals surface area (Å²) in [6.07, 6.45) is 0.451. The number of nitriles is 1. The second-order valence-electron chi connectivity index (χ2n) is 4.58. The minimum absolute atomic E-state index is 0.174. The van der Waals surface area contributed by atoms with Crippen molar-refractivity contribution in [3.05, 3.63) is 35.6 Å². The van der Waals surface area contributed by atoms with E-state index in [1.807, 2.05) is 0 Å². The van der Waals surface area contributed by atoms with Gasteiger partial charge in [0.15, 0.2) is 0 Å². The normalized spacial score (nSPS) is 27.4. The summed E-state index contributed by atoms with van der Waals surface area (Å²) < 4.78 is 18.4. The zero-order valence-electron chi connectivity index (χ0n) is 9.61. The van der Waals surface area contributed by atoms with Gasteiger partial charge in [0, 0.05) is 6.61 Å². The Hall–Kier alpha value is -1.44. The van der Waals surface area contributed by atoms with Crippen LogP contribution >= 0.6 is 0 Å². The van der Waals surface area contributed by atoms with Gasteiger partial charge in [0.1, 0.15) is 16.8 Å². The summed E-state index contributed by atoms with van der Waals surface area (Å²) in [7, 11) is 0. The van der Waals surface area contributed by atoms with Gasteiger partial charge in [-0.25, -0.2) is 4.39 Å². The van der Waals surface area contributed by atoms with Crippen molar-refractivity contribution in [3.8, 4) is 6.07 Å². The Bertz CT molecular complexity index is 459. The minimum atomic E-state index is -1.42. The Morgan fingerprint density at radius 2 is 2.35 bits per heavy atom. The zero-order chi connectivity index (χ0) is 12.5. The summed E-state index contributed by atoms with van der Waals surface area (Å²) in [5.41, 5.74) is -2.01. The van der Waals surface area contributed by atoms with Crippen molar-refractivity contribution in [2.75, 3.05) is 13.2 Å². The van der Waals surface area contributed by atoms with Crippen LogP contribution in [0.4, 0.5) is 4.39 Å². The van der Waals surface area contributed by atoms with Crippen molar-refractivity contribution < 1.29 is 14.2 Å². The number of halogens is 1. The van der Waals surface area contributed by atoms with Crippen LogP contribution in [0.2, 0.25) is 0 Å². The third-order valence-corrected chi connectivity index (χ3v) is 3.55. The van der Waals surface area contributed by atoms with Crippen molar-refractivity contribution in [1.82, 2.24) is 0 Å². The van der Waals surface area contributed by atoms with E-state index in [2.05, 4.69) is 6.07 Å². The van der Waals surface area contributed by atoms with E-state index in [9.17, 15) is 14.8 Å². The SMILES string of the molecule is CC(O)(c1cccc(F)c1)C1(C#N)CCOC1. The maximum absolute atomic E-state index is 13.2. The molecule has 1 aromatic rings. The lowest BCUT2D eigenvalue weighted by Gasteiger charge is -2.36. The fourth-order valence-corrected chi connectivity index (χ4v) is 2.21. The van der Waals surface area contributed by atoms with Gasteiger partial charge in [-0.1, -0.05) is 12.1 Å². The largest absolute Gasteiger partial charge is 0.384 e. The molecule has 1 aromatic carbocycles. The Kier molecular flexibility index (Phi) is 2.90. The fourth-order valence-electron chi connectivity index (χ4n) is 2.21. The highest BCUT2D eigenvalue weighted by atomic mass is 19.1. The van der Waals surface area contributed by atoms with Gasteiger partial charge in [0.05, 0.1) is 12.7 Å². The highest BCUT2D eigenvalue weighted by Crippen LogP contribution is 2.45. The van der Waals surface area contributed by atoms with Crippen LogP contribution in [0.5, 0.6) is 0 Å². The van der Waals surface area contributed by atoms with E-state index in [4.69, 9.17) is 4.74 Å². The predicted octanol–water partition coefficient (Wildman–Crippen LogP) is 1.96. The zero-order valence-corrected chi connectivity index (χ0v) is 9.61. The van der Waals surface area contributed by atoms with Crippen molar-refractivity contribution in [2.24, 2.45) is 5.41 Å². The predicted molar refractivity (Wildman–Crippen MR) is 59.5 cm³/mol. The Morgan fingerprint density at radius 1 is 1.59 bits per heavy atom. The van der Waals surface area contributed by atoms with Gasteiger partial charge in [-0.2, -0.15) is 5.26 Å². The highest BCUT2D eigenvalue weighted by molar-refractivity contribution is 5.29. The van der Waals surface area contributed by atoms with Crippen LogP contribution in [0, 0.1) is 22.6 Å². The average Bonchev–Trinajstić information content (AvgIpc) is 2.79. The molecule has 1 heterocycles. The first-order valence-corrected chi connectivity index (χ1v) is 5.49. The summed E-state index contributed by atoms with van der Waals surface area (Å²) in [6.45, 7) is 2.16. The van der Waals surface area contributed by atoms with Crippen molar-refractivity contribution in [2.45, 2.75) is 18.9 Å². The lowest BCUT2D eigenvalue weighted by atomic mass is 9.70. The van der Waals surface area contributed by atoms with Gasteiger partial charge in [-0.3, -0.25) is 0 Å². The van der Waals surface area contributed by atoms with Crippen LogP contribution in [0.1, 0.15) is 18.9 Å². The average molecular weight is 235 g/mol. The topological polar surface area (TPSA) is 53.2 Å². The van der Waals surface area contributed by atoms with E-state index in [0.29, 0.717) is 18.6 Å². The maximum atomic E-state index is 13.2. The van der Waals surface area contributed by atoms with Gasteiger partial charge in [0.2, 0.25) is 0 Å².